The number of carbonyl (C=O) groups is 1. The molecule has 4 rings (SSSR count). The molecule has 0 aliphatic carbocycles. The number of aromatic nitrogens is 2. The van der Waals surface area contributed by atoms with Crippen LogP contribution in [0.2, 0.25) is 10.0 Å². The van der Waals surface area contributed by atoms with Gasteiger partial charge in [-0.15, -0.1) is 0 Å². The first-order chi connectivity index (χ1) is 13.9. The van der Waals surface area contributed by atoms with E-state index in [4.69, 9.17) is 23.2 Å². The molecule has 0 saturated carbocycles. The molecule has 1 aromatic heterocycles. The number of thioether (sulfide) groups is 1. The minimum Gasteiger partial charge on any atom is -0.310 e. The van der Waals surface area contributed by atoms with Gasteiger partial charge in [0.05, 0.1) is 15.6 Å². The van der Waals surface area contributed by atoms with E-state index >= 15 is 0 Å². The average Bonchev–Trinajstić information content (AvgIpc) is 2.69. The Morgan fingerprint density at radius 2 is 1.90 bits per heavy atom. The van der Waals surface area contributed by atoms with Crippen molar-refractivity contribution in [2.45, 2.75) is 23.2 Å². The molecule has 1 aliphatic rings. The molecule has 1 aliphatic heterocycles. The van der Waals surface area contributed by atoms with Crippen LogP contribution < -0.4 is 10.9 Å². The standard InChI is InChI=1S/C20H14Cl2FN3O2S/c21-14-3-1-2-12(17(14)22)13-8-15(27)24-18-16(13)19(28)26-20(25-18)29-9-10-4-6-11(23)7-5-10/h1-7,13H,8-9H2,(H2,24,25,26,27,28). The van der Waals surface area contributed by atoms with Crippen LogP contribution in [0.15, 0.2) is 52.4 Å². The Kier molecular flexibility index (Phi) is 5.63. The van der Waals surface area contributed by atoms with E-state index in [1.807, 2.05) is 0 Å². The highest BCUT2D eigenvalue weighted by molar-refractivity contribution is 7.98. The summed E-state index contributed by atoms with van der Waals surface area (Å²) in [5, 5.41) is 3.70. The van der Waals surface area contributed by atoms with E-state index in [9.17, 15) is 14.0 Å². The molecule has 0 fully saturated rings. The summed E-state index contributed by atoms with van der Waals surface area (Å²) in [7, 11) is 0. The Morgan fingerprint density at radius 1 is 1.14 bits per heavy atom. The van der Waals surface area contributed by atoms with Gasteiger partial charge in [0, 0.05) is 18.1 Å². The molecule has 29 heavy (non-hydrogen) atoms. The van der Waals surface area contributed by atoms with Crippen molar-refractivity contribution < 1.29 is 9.18 Å². The fourth-order valence-electron chi connectivity index (χ4n) is 3.21. The minimum atomic E-state index is -0.544. The molecular weight excluding hydrogens is 436 g/mol. The lowest BCUT2D eigenvalue weighted by molar-refractivity contribution is -0.116. The predicted octanol–water partition coefficient (Wildman–Crippen LogP) is 4.98. The molecule has 5 nitrogen and oxygen atoms in total. The van der Waals surface area contributed by atoms with E-state index in [0.717, 1.165) is 5.56 Å². The van der Waals surface area contributed by atoms with Crippen LogP contribution in [-0.4, -0.2) is 15.9 Å². The number of nitrogens with zero attached hydrogens (tertiary/aromatic N) is 1. The molecule has 1 unspecified atom stereocenters. The maximum absolute atomic E-state index is 13.0. The molecule has 0 spiro atoms. The van der Waals surface area contributed by atoms with Gasteiger partial charge in [-0.1, -0.05) is 59.2 Å². The highest BCUT2D eigenvalue weighted by Crippen LogP contribution is 2.39. The van der Waals surface area contributed by atoms with Crippen LogP contribution >= 0.6 is 35.0 Å². The molecule has 2 heterocycles. The van der Waals surface area contributed by atoms with Crippen LogP contribution in [0, 0.1) is 5.82 Å². The van der Waals surface area contributed by atoms with Crippen LogP contribution in [0.3, 0.4) is 0 Å². The summed E-state index contributed by atoms with van der Waals surface area (Å²) in [6.07, 6.45) is 0.0693. The van der Waals surface area contributed by atoms with Crippen molar-refractivity contribution >= 4 is 46.7 Å². The maximum Gasteiger partial charge on any atom is 0.257 e. The third-order valence-electron chi connectivity index (χ3n) is 4.58. The van der Waals surface area contributed by atoms with Gasteiger partial charge in [0.1, 0.15) is 11.6 Å². The van der Waals surface area contributed by atoms with E-state index in [1.54, 1.807) is 30.3 Å². The Labute approximate surface area is 179 Å². The van der Waals surface area contributed by atoms with Crippen molar-refractivity contribution in [3.8, 4) is 0 Å². The lowest BCUT2D eigenvalue weighted by atomic mass is 9.87. The highest BCUT2D eigenvalue weighted by atomic mass is 35.5. The van der Waals surface area contributed by atoms with E-state index in [2.05, 4.69) is 15.3 Å². The van der Waals surface area contributed by atoms with Crippen LogP contribution in [0.4, 0.5) is 10.2 Å². The Morgan fingerprint density at radius 3 is 2.66 bits per heavy atom. The van der Waals surface area contributed by atoms with Gasteiger partial charge in [0.2, 0.25) is 5.91 Å². The first kappa shape index (κ1) is 19.9. The zero-order chi connectivity index (χ0) is 20.5. The van der Waals surface area contributed by atoms with Crippen LogP contribution in [0.1, 0.15) is 29.0 Å². The Bertz CT molecular complexity index is 1150. The van der Waals surface area contributed by atoms with E-state index in [-0.39, 0.29) is 29.5 Å². The number of amides is 1. The van der Waals surface area contributed by atoms with E-state index < -0.39 is 5.92 Å². The second kappa shape index (κ2) is 8.18. The van der Waals surface area contributed by atoms with Gasteiger partial charge in [-0.05, 0) is 29.3 Å². The molecule has 1 amide bonds. The Hall–Kier alpha value is -2.35. The number of hydrogen-bond donors (Lipinski definition) is 2. The smallest absolute Gasteiger partial charge is 0.257 e. The number of rotatable bonds is 4. The van der Waals surface area contributed by atoms with Crippen molar-refractivity contribution in [3.63, 3.8) is 0 Å². The second-order valence-electron chi connectivity index (χ2n) is 6.50. The van der Waals surface area contributed by atoms with Crippen molar-refractivity contribution in [2.75, 3.05) is 5.32 Å². The lowest BCUT2D eigenvalue weighted by Crippen LogP contribution is -2.31. The summed E-state index contributed by atoms with van der Waals surface area (Å²) in [5.74, 6) is -0.414. The van der Waals surface area contributed by atoms with Gasteiger partial charge in [-0.25, -0.2) is 9.37 Å². The summed E-state index contributed by atoms with van der Waals surface area (Å²) in [6.45, 7) is 0. The van der Waals surface area contributed by atoms with Gasteiger partial charge >= 0.3 is 0 Å². The van der Waals surface area contributed by atoms with Gasteiger partial charge in [-0.3, -0.25) is 9.59 Å². The molecule has 0 saturated heterocycles. The number of aromatic amines is 1. The first-order valence-corrected chi connectivity index (χ1v) is 10.4. The summed E-state index contributed by atoms with van der Waals surface area (Å²) in [5.41, 5.74) is 1.48. The highest BCUT2D eigenvalue weighted by Gasteiger charge is 2.32. The maximum atomic E-state index is 13.0. The van der Waals surface area contributed by atoms with Crippen molar-refractivity contribution in [1.82, 2.24) is 9.97 Å². The third-order valence-corrected chi connectivity index (χ3v) is 6.35. The van der Waals surface area contributed by atoms with E-state index in [1.165, 1.54) is 23.9 Å². The van der Waals surface area contributed by atoms with Crippen LogP contribution in [0.5, 0.6) is 0 Å². The van der Waals surface area contributed by atoms with Gasteiger partial charge in [-0.2, -0.15) is 0 Å². The fourth-order valence-corrected chi connectivity index (χ4v) is 4.46. The van der Waals surface area contributed by atoms with Crippen molar-refractivity contribution in [2.24, 2.45) is 0 Å². The molecule has 0 radical (unpaired) electrons. The number of carbonyl (C=O) groups excluding carboxylic acids is 1. The summed E-state index contributed by atoms with van der Waals surface area (Å²) in [6, 6.07) is 11.2. The topological polar surface area (TPSA) is 74.8 Å². The van der Waals surface area contributed by atoms with Gasteiger partial charge < -0.3 is 10.3 Å². The molecule has 148 valence electrons. The second-order valence-corrected chi connectivity index (χ2v) is 8.25. The quantitative estimate of drug-likeness (QED) is 0.434. The van der Waals surface area contributed by atoms with E-state index in [0.29, 0.717) is 32.1 Å². The summed E-state index contributed by atoms with van der Waals surface area (Å²) in [4.78, 5) is 32.3. The fraction of sp³-hybridized carbons (Fsp3) is 0.150. The molecule has 1 atom stereocenters. The van der Waals surface area contributed by atoms with Crippen LogP contribution in [-0.2, 0) is 10.5 Å². The van der Waals surface area contributed by atoms with Gasteiger partial charge in [0.15, 0.2) is 5.16 Å². The SMILES string of the molecule is O=C1CC(c2cccc(Cl)c2Cl)c2c(nc(SCc3ccc(F)cc3)[nH]c2=O)N1. The number of benzene rings is 2. The number of fused-ring (bicyclic) bond motifs is 1. The third kappa shape index (κ3) is 4.17. The number of hydrogen-bond acceptors (Lipinski definition) is 4. The molecule has 0 bridgehead atoms. The molecule has 3 aromatic rings. The van der Waals surface area contributed by atoms with Crippen molar-refractivity contribution in [3.05, 3.63) is 85.4 Å². The van der Waals surface area contributed by atoms with Crippen LogP contribution in [0.25, 0.3) is 0 Å². The normalized spacial score (nSPS) is 15.7. The van der Waals surface area contributed by atoms with Gasteiger partial charge in [0.25, 0.3) is 5.56 Å². The summed E-state index contributed by atoms with van der Waals surface area (Å²) < 4.78 is 13.0. The zero-order valence-corrected chi connectivity index (χ0v) is 17.2. The van der Waals surface area contributed by atoms with Crippen molar-refractivity contribution in [1.29, 1.82) is 0 Å². The molecule has 9 heteroatoms. The predicted molar refractivity (Wildman–Crippen MR) is 112 cm³/mol. The molecule has 2 aromatic carbocycles. The zero-order valence-electron chi connectivity index (χ0n) is 14.8. The Balaban J connectivity index is 1.68. The first-order valence-electron chi connectivity index (χ1n) is 8.67. The largest absolute Gasteiger partial charge is 0.310 e. The molecule has 2 N–H and O–H groups in total. The lowest BCUT2D eigenvalue weighted by Gasteiger charge is -2.25. The number of halogens is 3. The number of anilines is 1. The minimum absolute atomic E-state index is 0.0693. The number of nitrogens with one attached hydrogen (secondary N) is 2. The molecular formula is C20H14Cl2FN3O2S. The monoisotopic (exact) mass is 449 g/mol. The number of H-pyrrole nitrogens is 1. The average molecular weight is 450 g/mol. The summed E-state index contributed by atoms with van der Waals surface area (Å²) >= 11 is 13.7.